The second kappa shape index (κ2) is 5.67. The number of hydrogen-bond donors (Lipinski definition) is 2. The third-order valence-electron chi connectivity index (χ3n) is 2.06. The minimum Gasteiger partial charge on any atom is -0.327 e. The van der Waals surface area contributed by atoms with E-state index in [1.54, 1.807) is 0 Å². The third kappa shape index (κ3) is 5.91. The molecule has 0 aromatic carbocycles. The lowest BCUT2D eigenvalue weighted by Gasteiger charge is -2.22. The van der Waals surface area contributed by atoms with Crippen molar-refractivity contribution in [3.05, 3.63) is 12.4 Å². The van der Waals surface area contributed by atoms with Crippen molar-refractivity contribution in [3.63, 3.8) is 0 Å². The zero-order valence-corrected chi connectivity index (χ0v) is 10.5. The first-order chi connectivity index (χ1) is 7.87. The zero-order valence-electron chi connectivity index (χ0n) is 10.5. The summed E-state index contributed by atoms with van der Waals surface area (Å²) in [5.74, 6) is 0.0233. The number of nitrogens with zero attached hydrogens (tertiary/aromatic N) is 3. The second-order valence-electron chi connectivity index (χ2n) is 5.24. The minimum atomic E-state index is -0.185. The smallest absolute Gasteiger partial charge is 0.249 e. The van der Waals surface area contributed by atoms with Crippen molar-refractivity contribution in [2.75, 3.05) is 5.32 Å². The third-order valence-corrected chi connectivity index (χ3v) is 2.06. The maximum atomic E-state index is 11.6. The van der Waals surface area contributed by atoms with Gasteiger partial charge in [-0.1, -0.05) is 20.8 Å². The average Bonchev–Trinajstić information content (AvgIpc) is 2.15. The molecule has 0 aliphatic rings. The van der Waals surface area contributed by atoms with Crippen LogP contribution in [0.1, 0.15) is 33.6 Å². The summed E-state index contributed by atoms with van der Waals surface area (Å²) in [6.07, 6.45) is 3.96. The van der Waals surface area contributed by atoms with Gasteiger partial charge < -0.3 is 5.73 Å². The van der Waals surface area contributed by atoms with Gasteiger partial charge in [0.15, 0.2) is 0 Å². The molecule has 1 aromatic rings. The van der Waals surface area contributed by atoms with E-state index >= 15 is 0 Å². The van der Waals surface area contributed by atoms with Gasteiger partial charge in [0.2, 0.25) is 11.9 Å². The molecule has 6 heteroatoms. The quantitative estimate of drug-likeness (QED) is 0.813. The molecule has 1 amide bonds. The number of amides is 1. The van der Waals surface area contributed by atoms with Crippen molar-refractivity contribution in [1.82, 2.24) is 15.2 Å². The van der Waals surface area contributed by atoms with Crippen molar-refractivity contribution in [2.24, 2.45) is 11.1 Å². The van der Waals surface area contributed by atoms with Crippen LogP contribution in [-0.4, -0.2) is 27.1 Å². The van der Waals surface area contributed by atoms with E-state index in [0.717, 1.165) is 6.42 Å². The number of nitrogens with two attached hydrogens (primary N) is 1. The highest BCUT2D eigenvalue weighted by atomic mass is 16.1. The lowest BCUT2D eigenvalue weighted by Crippen LogP contribution is -2.31. The van der Waals surface area contributed by atoms with Crippen LogP contribution in [0, 0.1) is 5.41 Å². The molecule has 0 aliphatic heterocycles. The summed E-state index contributed by atoms with van der Waals surface area (Å²) in [6, 6.07) is -0.160. The summed E-state index contributed by atoms with van der Waals surface area (Å²) in [6.45, 7) is 6.28. The van der Waals surface area contributed by atoms with E-state index in [1.165, 1.54) is 12.4 Å². The van der Waals surface area contributed by atoms with E-state index in [-0.39, 0.29) is 29.7 Å². The van der Waals surface area contributed by atoms with Crippen LogP contribution in [-0.2, 0) is 4.79 Å². The van der Waals surface area contributed by atoms with Crippen LogP contribution in [0.15, 0.2) is 12.4 Å². The van der Waals surface area contributed by atoms with Crippen molar-refractivity contribution in [2.45, 2.75) is 39.7 Å². The first-order valence-corrected chi connectivity index (χ1v) is 5.56. The number of carbonyl (C=O) groups is 1. The van der Waals surface area contributed by atoms with Crippen molar-refractivity contribution in [3.8, 4) is 0 Å². The molecule has 0 saturated heterocycles. The van der Waals surface area contributed by atoms with Gasteiger partial charge in [0, 0.05) is 12.5 Å². The number of anilines is 1. The monoisotopic (exact) mass is 237 g/mol. The maximum Gasteiger partial charge on any atom is 0.249 e. The topological polar surface area (TPSA) is 93.8 Å². The second-order valence-corrected chi connectivity index (χ2v) is 5.24. The van der Waals surface area contributed by atoms with Crippen molar-refractivity contribution < 1.29 is 4.79 Å². The first-order valence-electron chi connectivity index (χ1n) is 5.56. The molecule has 1 aromatic heterocycles. The summed E-state index contributed by atoms with van der Waals surface area (Å²) in [5, 5.41) is 9.84. The SMILES string of the molecule is CC(C)(C)CC(N)CC(=O)Nc1nccnn1. The summed E-state index contributed by atoms with van der Waals surface area (Å²) < 4.78 is 0. The van der Waals surface area contributed by atoms with Crippen LogP contribution in [0.5, 0.6) is 0 Å². The molecule has 1 atom stereocenters. The van der Waals surface area contributed by atoms with Gasteiger partial charge in [0.05, 0.1) is 12.4 Å². The Bertz CT molecular complexity index is 360. The molecule has 6 nitrogen and oxygen atoms in total. The lowest BCUT2D eigenvalue weighted by molar-refractivity contribution is -0.116. The molecule has 0 fully saturated rings. The standard InChI is InChI=1S/C11H19N5O/c1-11(2,3)7-8(12)6-9(17)15-10-13-4-5-14-16-10/h4-5,8H,6-7,12H2,1-3H3,(H,13,15,16,17). The Morgan fingerprint density at radius 1 is 1.47 bits per heavy atom. The van der Waals surface area contributed by atoms with Gasteiger partial charge >= 0.3 is 0 Å². The molecule has 0 radical (unpaired) electrons. The van der Waals surface area contributed by atoms with E-state index < -0.39 is 0 Å². The Hall–Kier alpha value is -1.56. The van der Waals surface area contributed by atoms with E-state index in [4.69, 9.17) is 5.73 Å². The molecular formula is C11H19N5O. The van der Waals surface area contributed by atoms with Crippen LogP contribution in [0.25, 0.3) is 0 Å². The van der Waals surface area contributed by atoms with Gasteiger partial charge in [-0.15, -0.1) is 5.10 Å². The average molecular weight is 237 g/mol. The van der Waals surface area contributed by atoms with E-state index in [0.29, 0.717) is 0 Å². The summed E-state index contributed by atoms with van der Waals surface area (Å²) in [4.78, 5) is 15.5. The van der Waals surface area contributed by atoms with Crippen LogP contribution >= 0.6 is 0 Å². The molecule has 1 heterocycles. The lowest BCUT2D eigenvalue weighted by atomic mass is 9.87. The molecule has 1 rings (SSSR count). The van der Waals surface area contributed by atoms with Crippen molar-refractivity contribution >= 4 is 11.9 Å². The van der Waals surface area contributed by atoms with E-state index in [9.17, 15) is 4.79 Å². The number of aromatic nitrogens is 3. The Kier molecular flexibility index (Phi) is 4.51. The molecule has 3 N–H and O–H groups in total. The fourth-order valence-corrected chi connectivity index (χ4v) is 1.58. The molecule has 1 unspecified atom stereocenters. The Balaban J connectivity index is 2.40. The summed E-state index contributed by atoms with van der Waals surface area (Å²) in [7, 11) is 0. The van der Waals surface area contributed by atoms with Crippen molar-refractivity contribution in [1.29, 1.82) is 0 Å². The molecule has 94 valence electrons. The van der Waals surface area contributed by atoms with Gasteiger partial charge in [-0.05, 0) is 11.8 Å². The number of rotatable bonds is 4. The number of carbonyl (C=O) groups excluding carboxylic acids is 1. The van der Waals surface area contributed by atoms with E-state index in [2.05, 4.69) is 41.3 Å². The largest absolute Gasteiger partial charge is 0.327 e. The zero-order chi connectivity index (χ0) is 12.9. The first kappa shape index (κ1) is 13.5. The van der Waals surface area contributed by atoms with Crippen LogP contribution < -0.4 is 11.1 Å². The summed E-state index contributed by atoms with van der Waals surface area (Å²) >= 11 is 0. The predicted octanol–water partition coefficient (Wildman–Crippen LogP) is 0.964. The molecule has 0 spiro atoms. The molecule has 0 saturated carbocycles. The number of hydrogen-bond acceptors (Lipinski definition) is 5. The normalized spacial score (nSPS) is 13.2. The predicted molar refractivity (Wildman–Crippen MR) is 65.1 cm³/mol. The van der Waals surface area contributed by atoms with Crippen LogP contribution in [0.4, 0.5) is 5.95 Å². The fraction of sp³-hybridized carbons (Fsp3) is 0.636. The number of nitrogens with one attached hydrogen (secondary N) is 1. The highest BCUT2D eigenvalue weighted by Crippen LogP contribution is 2.21. The van der Waals surface area contributed by atoms with Gasteiger partial charge in [-0.2, -0.15) is 5.10 Å². The fourth-order valence-electron chi connectivity index (χ4n) is 1.58. The Morgan fingerprint density at radius 2 is 2.18 bits per heavy atom. The van der Waals surface area contributed by atoms with Gasteiger partial charge in [-0.25, -0.2) is 4.98 Å². The maximum absolute atomic E-state index is 11.6. The van der Waals surface area contributed by atoms with Gasteiger partial charge in [0.1, 0.15) is 0 Å². The highest BCUT2D eigenvalue weighted by Gasteiger charge is 2.18. The van der Waals surface area contributed by atoms with Gasteiger partial charge in [0.25, 0.3) is 0 Å². The molecular weight excluding hydrogens is 218 g/mol. The summed E-state index contributed by atoms with van der Waals surface area (Å²) in [5.41, 5.74) is 6.01. The Labute approximate surface area is 101 Å². The van der Waals surface area contributed by atoms with E-state index in [1.807, 2.05) is 0 Å². The Morgan fingerprint density at radius 3 is 2.71 bits per heavy atom. The highest BCUT2D eigenvalue weighted by molar-refractivity contribution is 5.89. The molecule has 17 heavy (non-hydrogen) atoms. The van der Waals surface area contributed by atoms with Crippen LogP contribution in [0.3, 0.4) is 0 Å². The van der Waals surface area contributed by atoms with Crippen LogP contribution in [0.2, 0.25) is 0 Å². The minimum absolute atomic E-state index is 0.116. The molecule has 0 aliphatic carbocycles. The molecule has 0 bridgehead atoms. The van der Waals surface area contributed by atoms with Gasteiger partial charge in [-0.3, -0.25) is 10.1 Å².